The summed E-state index contributed by atoms with van der Waals surface area (Å²) in [7, 11) is -2.91. The third-order valence-corrected chi connectivity index (χ3v) is 18.7. The van der Waals surface area contributed by atoms with Crippen LogP contribution < -0.4 is 5.32 Å². The van der Waals surface area contributed by atoms with Crippen molar-refractivity contribution in [3.05, 3.63) is 23.3 Å². The summed E-state index contributed by atoms with van der Waals surface area (Å²) in [6, 6.07) is 0. The molecule has 0 bridgehead atoms. The number of aliphatic carboxylic acids is 1. The SMILES string of the molecule is CC1CN(CCN[C@]23CCC[C@@H]2[C@H]2CCC4[C@@]5(C)CC=C(C6=CC[C@H](C(=O)O)CC6)C(C)(C)C5CC[C@@]4(C)[C@]2(C)CC3)CCS(=O)(=O)C1. The highest BCUT2D eigenvalue weighted by Crippen LogP contribution is 2.76. The van der Waals surface area contributed by atoms with Gasteiger partial charge in [0.2, 0.25) is 0 Å². The lowest BCUT2D eigenvalue weighted by Gasteiger charge is -2.72. The number of hydrogen-bond donors (Lipinski definition) is 2. The Labute approximate surface area is 292 Å². The Balaban J connectivity index is 1.08. The third kappa shape index (κ3) is 5.52. The molecule has 5 fully saturated rings. The number of carboxylic acid groups (broad SMARTS) is 1. The minimum absolute atomic E-state index is 0.112. The second-order valence-corrected chi connectivity index (χ2v) is 21.6. The third-order valence-electron chi connectivity index (χ3n) is 16.8. The Hall–Kier alpha value is -1.18. The van der Waals surface area contributed by atoms with E-state index in [1.165, 1.54) is 75.4 Å². The van der Waals surface area contributed by atoms with Crippen LogP contribution >= 0.6 is 0 Å². The highest BCUT2D eigenvalue weighted by atomic mass is 32.2. The van der Waals surface area contributed by atoms with E-state index in [0.29, 0.717) is 46.6 Å². The number of carboxylic acids is 1. The first-order valence-corrected chi connectivity index (χ1v) is 21.7. The Kier molecular flexibility index (Phi) is 8.96. The number of nitrogens with one attached hydrogen (secondary N) is 1. The van der Waals surface area contributed by atoms with Gasteiger partial charge in [0.15, 0.2) is 9.84 Å². The van der Waals surface area contributed by atoms with Crippen molar-refractivity contribution in [1.29, 1.82) is 0 Å². The lowest BCUT2D eigenvalue weighted by Crippen LogP contribution is -2.67. The van der Waals surface area contributed by atoms with Gasteiger partial charge in [-0.25, -0.2) is 8.42 Å². The summed E-state index contributed by atoms with van der Waals surface area (Å²) in [5.74, 6) is 2.94. The van der Waals surface area contributed by atoms with Gasteiger partial charge in [0.1, 0.15) is 0 Å². The fraction of sp³-hybridized carbons (Fsp3) is 0.878. The van der Waals surface area contributed by atoms with Crippen molar-refractivity contribution in [3.63, 3.8) is 0 Å². The predicted molar refractivity (Wildman–Crippen MR) is 194 cm³/mol. The molecule has 270 valence electrons. The van der Waals surface area contributed by atoms with Crippen LogP contribution in [-0.4, -0.2) is 67.6 Å². The number of carbonyl (C=O) groups is 1. The first-order valence-electron chi connectivity index (χ1n) is 19.9. The van der Waals surface area contributed by atoms with Crippen molar-refractivity contribution in [3.8, 4) is 0 Å². The zero-order chi connectivity index (χ0) is 34.3. The van der Waals surface area contributed by atoms with Crippen molar-refractivity contribution in [2.45, 2.75) is 131 Å². The van der Waals surface area contributed by atoms with Crippen molar-refractivity contribution in [1.82, 2.24) is 10.2 Å². The number of nitrogens with zero attached hydrogens (tertiary/aromatic N) is 1. The molecule has 7 rings (SSSR count). The zero-order valence-corrected chi connectivity index (χ0v) is 31.9. The predicted octanol–water partition coefficient (Wildman–Crippen LogP) is 7.90. The van der Waals surface area contributed by atoms with Gasteiger partial charge in [-0.1, -0.05) is 60.1 Å². The van der Waals surface area contributed by atoms with E-state index in [1.54, 1.807) is 0 Å². The van der Waals surface area contributed by atoms with E-state index in [4.69, 9.17) is 0 Å². The molecule has 6 nitrogen and oxygen atoms in total. The summed E-state index contributed by atoms with van der Waals surface area (Å²) in [5.41, 5.74) is 4.36. The van der Waals surface area contributed by atoms with Crippen molar-refractivity contribution >= 4 is 15.8 Å². The lowest BCUT2D eigenvalue weighted by atomic mass is 9.33. The molecule has 3 unspecified atom stereocenters. The molecule has 6 aliphatic carbocycles. The van der Waals surface area contributed by atoms with Gasteiger partial charge in [0.25, 0.3) is 0 Å². The normalized spacial score (nSPS) is 47.0. The number of allylic oxidation sites excluding steroid dienone is 4. The molecule has 0 aromatic heterocycles. The van der Waals surface area contributed by atoms with Crippen LogP contribution in [0.2, 0.25) is 0 Å². The van der Waals surface area contributed by atoms with E-state index < -0.39 is 15.8 Å². The molecule has 1 saturated heterocycles. The maximum Gasteiger partial charge on any atom is 0.306 e. The largest absolute Gasteiger partial charge is 0.481 e. The van der Waals surface area contributed by atoms with Gasteiger partial charge in [-0.2, -0.15) is 0 Å². The summed E-state index contributed by atoms with van der Waals surface area (Å²) >= 11 is 0. The fourth-order valence-corrected chi connectivity index (χ4v) is 16.0. The Morgan fingerprint density at radius 2 is 1.73 bits per heavy atom. The Morgan fingerprint density at radius 3 is 2.46 bits per heavy atom. The first kappa shape index (κ1) is 35.2. The Bertz CT molecular complexity index is 1450. The highest BCUT2D eigenvalue weighted by Gasteiger charge is 2.69. The van der Waals surface area contributed by atoms with Gasteiger partial charge in [-0.15, -0.1) is 0 Å². The van der Waals surface area contributed by atoms with Gasteiger partial charge in [0.05, 0.1) is 17.4 Å². The summed E-state index contributed by atoms with van der Waals surface area (Å²) in [4.78, 5) is 14.0. The molecule has 0 amide bonds. The molecule has 2 N–H and O–H groups in total. The van der Waals surface area contributed by atoms with Gasteiger partial charge in [0, 0.05) is 31.7 Å². The molecule has 1 aliphatic heterocycles. The summed E-state index contributed by atoms with van der Waals surface area (Å²) < 4.78 is 24.7. The van der Waals surface area contributed by atoms with Crippen molar-refractivity contribution in [2.75, 3.05) is 37.7 Å². The van der Waals surface area contributed by atoms with E-state index in [1.807, 2.05) is 0 Å². The van der Waals surface area contributed by atoms with Crippen LogP contribution in [-0.2, 0) is 14.6 Å². The lowest BCUT2D eigenvalue weighted by molar-refractivity contribution is -0.218. The van der Waals surface area contributed by atoms with Crippen molar-refractivity contribution < 1.29 is 18.3 Å². The minimum atomic E-state index is -2.91. The minimum Gasteiger partial charge on any atom is -0.481 e. The molecule has 48 heavy (non-hydrogen) atoms. The van der Waals surface area contributed by atoms with Gasteiger partial charge >= 0.3 is 5.97 Å². The molecular weight excluding hydrogens is 617 g/mol. The highest BCUT2D eigenvalue weighted by molar-refractivity contribution is 7.91. The van der Waals surface area contributed by atoms with Gasteiger partial charge in [-0.05, 0) is 139 Å². The molecular formula is C41H66N2O4S. The Morgan fingerprint density at radius 1 is 0.938 bits per heavy atom. The van der Waals surface area contributed by atoms with Crippen LogP contribution in [0, 0.1) is 57.2 Å². The second kappa shape index (κ2) is 12.2. The fourth-order valence-electron chi connectivity index (χ4n) is 14.4. The summed E-state index contributed by atoms with van der Waals surface area (Å²) in [5, 5.41) is 13.8. The molecule has 7 heteroatoms. The van der Waals surface area contributed by atoms with Crippen LogP contribution in [0.3, 0.4) is 0 Å². The van der Waals surface area contributed by atoms with Crippen LogP contribution in [0.1, 0.15) is 125 Å². The van der Waals surface area contributed by atoms with Crippen LogP contribution in [0.15, 0.2) is 23.3 Å². The summed E-state index contributed by atoms with van der Waals surface area (Å²) in [6.07, 6.45) is 20.4. The van der Waals surface area contributed by atoms with E-state index in [9.17, 15) is 18.3 Å². The van der Waals surface area contributed by atoms with Crippen molar-refractivity contribution in [2.24, 2.45) is 57.2 Å². The molecule has 1 heterocycles. The molecule has 0 aromatic carbocycles. The molecule has 4 saturated carbocycles. The molecule has 0 radical (unpaired) electrons. The first-order chi connectivity index (χ1) is 22.5. The van der Waals surface area contributed by atoms with Crippen LogP contribution in [0.5, 0.6) is 0 Å². The molecule has 0 aromatic rings. The smallest absolute Gasteiger partial charge is 0.306 e. The summed E-state index contributed by atoms with van der Waals surface area (Å²) in [6.45, 7) is 18.8. The maximum atomic E-state index is 12.4. The van der Waals surface area contributed by atoms with E-state index in [2.05, 4.69) is 63.9 Å². The standard InChI is InChI=1S/C41H66N2O4S/c1-28-26-43(24-25-48(46,47)27-28)23-22-42-41-17-7-8-33(41)32-13-14-35-38(4)18-15-31(29-9-11-30(12-10-29)36(44)45)37(2,3)34(38)16-19-40(35,6)39(32,5)20-21-41/h9,15,28,30,32-35,42H,7-8,10-14,16-27H2,1-6H3,(H,44,45)/t28?,30-,32+,33+,34?,35?,38-,39+,40+,41-/m0/s1. The van der Waals surface area contributed by atoms with Crippen LogP contribution in [0.4, 0.5) is 0 Å². The zero-order valence-electron chi connectivity index (χ0n) is 31.1. The average Bonchev–Trinajstić information content (AvgIpc) is 3.38. The number of hydrogen-bond acceptors (Lipinski definition) is 5. The van der Waals surface area contributed by atoms with E-state index >= 15 is 0 Å². The number of fused-ring (bicyclic) bond motifs is 7. The molecule has 10 atom stereocenters. The van der Waals surface area contributed by atoms with E-state index in [-0.39, 0.29) is 22.8 Å². The monoisotopic (exact) mass is 682 g/mol. The van der Waals surface area contributed by atoms with Crippen LogP contribution in [0.25, 0.3) is 0 Å². The molecule has 0 spiro atoms. The topological polar surface area (TPSA) is 86.7 Å². The second-order valence-electron chi connectivity index (χ2n) is 19.4. The number of sulfone groups is 1. The van der Waals surface area contributed by atoms with Gasteiger partial charge in [-0.3, -0.25) is 4.79 Å². The maximum absolute atomic E-state index is 12.4. The quantitative estimate of drug-likeness (QED) is 0.296. The van der Waals surface area contributed by atoms with Gasteiger partial charge < -0.3 is 15.3 Å². The average molecular weight is 683 g/mol. The molecule has 7 aliphatic rings. The van der Waals surface area contributed by atoms with E-state index in [0.717, 1.165) is 50.2 Å². The number of rotatable bonds is 6.